The van der Waals surface area contributed by atoms with Gasteiger partial charge in [-0.2, -0.15) is 4.57 Å². The monoisotopic (exact) mass is 448 g/mol. The van der Waals surface area contributed by atoms with Gasteiger partial charge in [0.05, 0.1) is 11.2 Å². The van der Waals surface area contributed by atoms with Gasteiger partial charge < -0.3 is 9.42 Å². The maximum atomic E-state index is 13.9. The fourth-order valence-corrected chi connectivity index (χ4v) is 5.39. The predicted molar refractivity (Wildman–Crippen MR) is 125 cm³/mol. The summed E-state index contributed by atoms with van der Waals surface area (Å²) in [7, 11) is 0. The molecule has 0 radical (unpaired) electrons. The summed E-state index contributed by atoms with van der Waals surface area (Å²) in [5, 5.41) is 0. The third-order valence-corrected chi connectivity index (χ3v) is 6.86. The van der Waals surface area contributed by atoms with Crippen LogP contribution in [0.25, 0.3) is 5.69 Å². The van der Waals surface area contributed by atoms with Crippen LogP contribution in [0.1, 0.15) is 52.1 Å². The number of nitrogens with zero attached hydrogens (tertiary/aromatic N) is 4. The lowest BCUT2D eigenvalue weighted by Gasteiger charge is -2.40. The molecule has 1 saturated heterocycles. The van der Waals surface area contributed by atoms with Gasteiger partial charge in [0.1, 0.15) is 0 Å². The molecule has 0 N–H and O–H groups in total. The van der Waals surface area contributed by atoms with E-state index >= 15 is 0 Å². The van der Waals surface area contributed by atoms with Crippen LogP contribution in [0.4, 0.5) is 10.5 Å². The summed E-state index contributed by atoms with van der Waals surface area (Å²) in [6.07, 6.45) is 4.33. The van der Waals surface area contributed by atoms with Gasteiger partial charge >= 0.3 is 17.5 Å². The van der Waals surface area contributed by atoms with E-state index in [0.29, 0.717) is 11.4 Å². The second kappa shape index (κ2) is 8.10. The van der Waals surface area contributed by atoms with Crippen molar-refractivity contribution in [2.24, 2.45) is 0 Å². The Morgan fingerprint density at radius 1 is 0.818 bits per heavy atom. The van der Waals surface area contributed by atoms with Gasteiger partial charge in [0.2, 0.25) is 0 Å². The molecule has 0 bridgehead atoms. The lowest BCUT2D eigenvalue weighted by atomic mass is 9.90. The van der Waals surface area contributed by atoms with Gasteiger partial charge in [-0.05, 0) is 51.0 Å². The minimum absolute atomic E-state index is 0.0797. The zero-order valence-corrected chi connectivity index (χ0v) is 18.9. The van der Waals surface area contributed by atoms with Crippen LogP contribution in [-0.4, -0.2) is 31.8 Å². The molecular weight excluding hydrogens is 420 g/mol. The number of carbonyl (C=O) groups excluding carboxylic acids is 1. The quantitative estimate of drug-likeness (QED) is 0.601. The number of hydrogen-bond donors (Lipinski definition) is 0. The fourth-order valence-electron chi connectivity index (χ4n) is 5.39. The van der Waals surface area contributed by atoms with Gasteiger partial charge in [-0.25, -0.2) is 14.4 Å². The summed E-state index contributed by atoms with van der Waals surface area (Å²) < 4.78 is 7.63. The molecule has 0 unspecified atom stereocenters. The molecule has 0 spiro atoms. The van der Waals surface area contributed by atoms with Crippen LogP contribution in [0, 0.1) is 0 Å². The largest absolute Gasteiger partial charge is 0.447 e. The SMILES string of the molecule is CC1(C)[C@@H](n2oc(=O)n(-c3ccccc3)c2=O)N(c2ccccc2)C(=O)N1C1CCCCC1. The van der Waals surface area contributed by atoms with Gasteiger partial charge in [-0.1, -0.05) is 55.7 Å². The van der Waals surface area contributed by atoms with Crippen LogP contribution in [0.3, 0.4) is 0 Å². The highest BCUT2D eigenvalue weighted by Gasteiger charge is 2.57. The zero-order valence-electron chi connectivity index (χ0n) is 18.9. The molecule has 5 rings (SSSR count). The number of benzene rings is 2. The Labute approximate surface area is 191 Å². The number of hydrogen-bond acceptors (Lipinski definition) is 4. The second-order valence-corrected chi connectivity index (χ2v) is 9.31. The van der Waals surface area contributed by atoms with Crippen molar-refractivity contribution < 1.29 is 9.32 Å². The van der Waals surface area contributed by atoms with Crippen molar-refractivity contribution in [3.8, 4) is 5.69 Å². The molecule has 8 nitrogen and oxygen atoms in total. The van der Waals surface area contributed by atoms with Gasteiger partial charge in [0.15, 0.2) is 6.17 Å². The van der Waals surface area contributed by atoms with Crippen LogP contribution in [0.2, 0.25) is 0 Å². The van der Waals surface area contributed by atoms with E-state index in [0.717, 1.165) is 35.0 Å². The Hall–Kier alpha value is -3.55. The van der Waals surface area contributed by atoms with E-state index < -0.39 is 23.2 Å². The van der Waals surface area contributed by atoms with E-state index in [1.807, 2.05) is 55.1 Å². The molecule has 2 aromatic carbocycles. The summed E-state index contributed by atoms with van der Waals surface area (Å²) in [4.78, 5) is 43.7. The van der Waals surface area contributed by atoms with Crippen molar-refractivity contribution in [2.75, 3.05) is 4.90 Å². The van der Waals surface area contributed by atoms with Gasteiger partial charge in [0, 0.05) is 11.7 Å². The molecule has 33 heavy (non-hydrogen) atoms. The molecule has 1 atom stereocenters. The van der Waals surface area contributed by atoms with Crippen LogP contribution in [-0.2, 0) is 0 Å². The Balaban J connectivity index is 1.68. The van der Waals surface area contributed by atoms with Crippen molar-refractivity contribution in [3.63, 3.8) is 0 Å². The number of para-hydroxylation sites is 2. The molecule has 1 aromatic heterocycles. The molecule has 1 saturated carbocycles. The summed E-state index contributed by atoms with van der Waals surface area (Å²) in [6, 6.07) is 17.8. The highest BCUT2D eigenvalue weighted by Crippen LogP contribution is 2.45. The third-order valence-electron chi connectivity index (χ3n) is 6.86. The van der Waals surface area contributed by atoms with Crippen molar-refractivity contribution >= 4 is 11.7 Å². The predicted octanol–water partition coefficient (Wildman–Crippen LogP) is 4.14. The van der Waals surface area contributed by atoms with Crippen molar-refractivity contribution in [1.82, 2.24) is 14.2 Å². The van der Waals surface area contributed by atoms with Crippen LogP contribution in [0.15, 0.2) is 74.8 Å². The van der Waals surface area contributed by atoms with Gasteiger partial charge in [-0.3, -0.25) is 4.90 Å². The first kappa shape index (κ1) is 21.3. The zero-order chi connectivity index (χ0) is 23.2. The van der Waals surface area contributed by atoms with Crippen molar-refractivity contribution in [2.45, 2.75) is 63.7 Å². The normalized spacial score (nSPS) is 21.0. The second-order valence-electron chi connectivity index (χ2n) is 9.31. The summed E-state index contributed by atoms with van der Waals surface area (Å²) in [5.41, 5.74) is -0.325. The maximum Gasteiger partial charge on any atom is 0.447 e. The van der Waals surface area contributed by atoms with Crippen LogP contribution in [0.5, 0.6) is 0 Å². The number of aromatic nitrogens is 2. The number of carbonyl (C=O) groups is 1. The Bertz CT molecular complexity index is 1250. The Morgan fingerprint density at radius 3 is 2.00 bits per heavy atom. The first-order valence-corrected chi connectivity index (χ1v) is 11.5. The molecule has 172 valence electrons. The van der Waals surface area contributed by atoms with Crippen molar-refractivity contribution in [1.29, 1.82) is 0 Å². The Kier molecular flexibility index (Phi) is 5.23. The molecule has 2 amide bonds. The molecular formula is C25H28N4O4. The summed E-state index contributed by atoms with van der Waals surface area (Å²) in [6.45, 7) is 3.89. The average molecular weight is 449 g/mol. The minimum Gasteiger partial charge on any atom is -0.314 e. The molecule has 1 aliphatic heterocycles. The average Bonchev–Trinajstić information content (AvgIpc) is 3.23. The van der Waals surface area contributed by atoms with E-state index in [2.05, 4.69) is 0 Å². The van der Waals surface area contributed by atoms with Gasteiger partial charge in [-0.15, -0.1) is 4.74 Å². The first-order chi connectivity index (χ1) is 15.9. The fraction of sp³-hybridized carbons (Fsp3) is 0.400. The van der Waals surface area contributed by atoms with E-state index in [1.165, 1.54) is 6.42 Å². The lowest BCUT2D eigenvalue weighted by Crippen LogP contribution is -2.51. The maximum absolute atomic E-state index is 13.9. The van der Waals surface area contributed by atoms with E-state index in [4.69, 9.17) is 4.52 Å². The molecule has 2 aliphatic rings. The first-order valence-electron chi connectivity index (χ1n) is 11.5. The van der Waals surface area contributed by atoms with Crippen LogP contribution < -0.4 is 16.3 Å². The smallest absolute Gasteiger partial charge is 0.314 e. The number of anilines is 1. The lowest BCUT2D eigenvalue weighted by molar-refractivity contribution is 0.0605. The number of urea groups is 1. The number of rotatable bonds is 4. The van der Waals surface area contributed by atoms with E-state index in [9.17, 15) is 14.4 Å². The Morgan fingerprint density at radius 2 is 1.39 bits per heavy atom. The van der Waals surface area contributed by atoms with E-state index in [1.54, 1.807) is 29.2 Å². The molecule has 3 aromatic rings. The number of amides is 2. The molecule has 1 aliphatic carbocycles. The third kappa shape index (κ3) is 3.41. The molecule has 2 heterocycles. The van der Waals surface area contributed by atoms with Gasteiger partial charge in [0.25, 0.3) is 0 Å². The standard InChI is InChI=1S/C25H28N4O4/c1-25(2)21(29-23(31)27(24(32)33-29)19-14-8-4-9-15-19)26(18-12-6-3-7-13-18)22(30)28(25)20-16-10-5-11-17-20/h3-4,6-9,12-15,20-21H,5,10-11,16-17H2,1-2H3/t21-/m1/s1. The highest BCUT2D eigenvalue weighted by molar-refractivity contribution is 5.96. The van der Waals surface area contributed by atoms with Crippen molar-refractivity contribution in [3.05, 3.63) is 81.7 Å². The molecule has 2 fully saturated rings. The summed E-state index contributed by atoms with van der Waals surface area (Å²) >= 11 is 0. The minimum atomic E-state index is -0.820. The summed E-state index contributed by atoms with van der Waals surface area (Å²) in [5.74, 6) is -0.779. The highest BCUT2D eigenvalue weighted by atomic mass is 16.5. The van der Waals surface area contributed by atoms with E-state index in [-0.39, 0.29) is 12.1 Å². The molecule has 8 heteroatoms. The topological polar surface area (TPSA) is 80.7 Å². The van der Waals surface area contributed by atoms with Crippen LogP contribution >= 0.6 is 0 Å².